The highest BCUT2D eigenvalue weighted by atomic mass is 16.7. The molecule has 3 saturated heterocycles. The average Bonchev–Trinajstić information content (AvgIpc) is 2.55. The molecule has 1 N–H and O–H groups in total. The summed E-state index contributed by atoms with van der Waals surface area (Å²) in [5.41, 5.74) is 0. The zero-order valence-corrected chi connectivity index (χ0v) is 15.1. The van der Waals surface area contributed by atoms with Crippen molar-refractivity contribution in [3.63, 3.8) is 0 Å². The normalized spacial score (nSPS) is 29.8. The minimum absolute atomic E-state index is 0.0220. The van der Waals surface area contributed by atoms with E-state index in [-0.39, 0.29) is 30.8 Å². The summed E-state index contributed by atoms with van der Waals surface area (Å²) in [6.45, 7) is 2.15. The molecule has 0 aromatic rings. The van der Waals surface area contributed by atoms with Gasteiger partial charge in [-0.2, -0.15) is 0 Å². The third-order valence-electron chi connectivity index (χ3n) is 4.91. The summed E-state index contributed by atoms with van der Waals surface area (Å²) < 4.78 is 11.6. The second kappa shape index (κ2) is 10.7. The quantitative estimate of drug-likeness (QED) is 0.432. The molecule has 0 unspecified atom stereocenters. The van der Waals surface area contributed by atoms with Crippen LogP contribution in [0, 0.1) is 5.92 Å². The van der Waals surface area contributed by atoms with Crippen molar-refractivity contribution in [1.82, 2.24) is 0 Å². The van der Waals surface area contributed by atoms with E-state index in [4.69, 9.17) is 9.47 Å². The highest BCUT2D eigenvalue weighted by molar-refractivity contribution is 5.64. The molecule has 0 saturated carbocycles. The minimum atomic E-state index is -0.995. The maximum atomic E-state index is 10.4. The summed E-state index contributed by atoms with van der Waals surface area (Å²) >= 11 is 0. The molecule has 3 rings (SSSR count). The highest BCUT2D eigenvalue weighted by Crippen LogP contribution is 2.40. The molecule has 3 aliphatic rings. The number of carbonyl (C=O) groups is 1. The van der Waals surface area contributed by atoms with Gasteiger partial charge in [-0.3, -0.25) is 0 Å². The van der Waals surface area contributed by atoms with Gasteiger partial charge in [-0.15, -0.1) is 0 Å². The second-order valence-electron chi connectivity index (χ2n) is 7.02. The van der Waals surface area contributed by atoms with Crippen LogP contribution in [-0.4, -0.2) is 35.7 Å². The minimum Gasteiger partial charge on any atom is -0.550 e. The van der Waals surface area contributed by atoms with Crippen LogP contribution in [0.2, 0.25) is 0 Å². The Labute approximate surface area is 150 Å². The van der Waals surface area contributed by atoms with E-state index < -0.39 is 12.1 Å². The molecular weight excluding hydrogens is 320 g/mol. The maximum Gasteiger partial charge on any atom is 0.161 e. The van der Waals surface area contributed by atoms with Crippen molar-refractivity contribution in [1.29, 1.82) is 0 Å². The van der Waals surface area contributed by atoms with Crippen molar-refractivity contribution in [3.05, 3.63) is 24.3 Å². The molecule has 3 aliphatic heterocycles. The standard InChI is InChI=1S/C20H32O5/c1-2-3-6-9-15(21)12-13-17-16(18-14-20(24-17)25-18)10-7-4-5-8-11-19(22)23/h4,7,12-13,15-18,20-21H,2-3,5-6,8-11,14H2,1H3,(H,22,23)/p-1/b7-4-,13-12+/t15-,16+,17+,18-,20+/m0/s1. The van der Waals surface area contributed by atoms with Crippen LogP contribution < -0.4 is 5.11 Å². The fourth-order valence-electron chi connectivity index (χ4n) is 3.37. The third kappa shape index (κ3) is 6.92. The van der Waals surface area contributed by atoms with Crippen LogP contribution in [0.25, 0.3) is 0 Å². The SMILES string of the molecule is CCCCC[C@H](O)/C=C/[C@H]1O[C@H]2C[C@H](O2)[C@@H]1C/C=C\CCCC(=O)[O-]. The van der Waals surface area contributed by atoms with Crippen molar-refractivity contribution in [3.8, 4) is 0 Å². The summed E-state index contributed by atoms with van der Waals surface area (Å²) in [6.07, 6.45) is 15.0. The van der Waals surface area contributed by atoms with Gasteiger partial charge in [0.1, 0.15) is 0 Å². The van der Waals surface area contributed by atoms with Crippen molar-refractivity contribution < 1.29 is 24.5 Å². The van der Waals surface area contributed by atoms with Crippen LogP contribution in [0.1, 0.15) is 64.7 Å². The molecule has 0 aliphatic carbocycles. The number of carboxylic acid groups (broad SMARTS) is 1. The van der Waals surface area contributed by atoms with Crippen molar-refractivity contribution >= 4 is 5.97 Å². The van der Waals surface area contributed by atoms with Crippen LogP contribution in [0.15, 0.2) is 24.3 Å². The first-order chi connectivity index (χ1) is 12.1. The zero-order chi connectivity index (χ0) is 18.1. The lowest BCUT2D eigenvalue weighted by Gasteiger charge is -2.49. The van der Waals surface area contributed by atoms with E-state index in [0.29, 0.717) is 6.42 Å². The molecule has 5 nitrogen and oxygen atoms in total. The number of aliphatic hydroxyl groups excluding tert-OH is 1. The number of carbonyl (C=O) groups excluding carboxylic acids is 1. The van der Waals surface area contributed by atoms with Gasteiger partial charge < -0.3 is 24.5 Å². The molecule has 142 valence electrons. The first kappa shape index (κ1) is 20.1. The molecule has 3 heterocycles. The summed E-state index contributed by atoms with van der Waals surface area (Å²) in [7, 11) is 0. The zero-order valence-electron chi connectivity index (χ0n) is 15.1. The number of rotatable bonds is 12. The van der Waals surface area contributed by atoms with E-state index in [1.807, 2.05) is 18.2 Å². The predicted molar refractivity (Wildman–Crippen MR) is 93.5 cm³/mol. The van der Waals surface area contributed by atoms with Gasteiger partial charge in [0.2, 0.25) is 0 Å². The average molecular weight is 351 g/mol. The maximum absolute atomic E-state index is 10.4. The number of aliphatic hydroxyl groups is 1. The molecule has 0 amide bonds. The first-order valence-corrected chi connectivity index (χ1v) is 9.62. The van der Waals surface area contributed by atoms with E-state index in [9.17, 15) is 15.0 Å². The van der Waals surface area contributed by atoms with Gasteiger partial charge in [-0.25, -0.2) is 0 Å². The molecule has 2 bridgehead atoms. The van der Waals surface area contributed by atoms with E-state index in [1.54, 1.807) is 0 Å². The van der Waals surface area contributed by atoms with Gasteiger partial charge in [0.25, 0.3) is 0 Å². The van der Waals surface area contributed by atoms with Gasteiger partial charge >= 0.3 is 0 Å². The van der Waals surface area contributed by atoms with Crippen molar-refractivity contribution in [2.75, 3.05) is 0 Å². The smallest absolute Gasteiger partial charge is 0.161 e. The van der Waals surface area contributed by atoms with Crippen LogP contribution in [0.3, 0.4) is 0 Å². The van der Waals surface area contributed by atoms with Gasteiger partial charge in [0, 0.05) is 18.3 Å². The number of carboxylic acids is 1. The van der Waals surface area contributed by atoms with E-state index in [2.05, 4.69) is 13.0 Å². The van der Waals surface area contributed by atoms with Crippen LogP contribution in [-0.2, 0) is 14.3 Å². The highest BCUT2D eigenvalue weighted by Gasteiger charge is 2.46. The molecular formula is C20H31O5-. The number of aliphatic carboxylic acids is 1. The van der Waals surface area contributed by atoms with Gasteiger partial charge in [-0.1, -0.05) is 50.5 Å². The first-order valence-electron chi connectivity index (χ1n) is 9.62. The van der Waals surface area contributed by atoms with E-state index >= 15 is 0 Å². The molecule has 3 fully saturated rings. The second-order valence-corrected chi connectivity index (χ2v) is 7.02. The van der Waals surface area contributed by atoms with Gasteiger partial charge in [-0.05, 0) is 32.1 Å². The summed E-state index contributed by atoms with van der Waals surface area (Å²) in [4.78, 5) is 10.4. The molecule has 0 radical (unpaired) electrons. The lowest BCUT2D eigenvalue weighted by Crippen LogP contribution is -2.55. The predicted octanol–water partition coefficient (Wildman–Crippen LogP) is 2.48. The summed E-state index contributed by atoms with van der Waals surface area (Å²) in [5.74, 6) is -0.743. The molecule has 0 spiro atoms. The molecule has 25 heavy (non-hydrogen) atoms. The number of fused-ring (bicyclic) bond motifs is 2. The third-order valence-corrected chi connectivity index (χ3v) is 4.91. The monoisotopic (exact) mass is 351 g/mol. The number of allylic oxidation sites excluding steroid dienone is 2. The number of hydrogen-bond donors (Lipinski definition) is 1. The number of unbranched alkanes of at least 4 members (excludes halogenated alkanes) is 3. The lowest BCUT2D eigenvalue weighted by atomic mass is 9.84. The topological polar surface area (TPSA) is 78.8 Å². The lowest BCUT2D eigenvalue weighted by molar-refractivity contribution is -0.337. The Bertz CT molecular complexity index is 453. The largest absolute Gasteiger partial charge is 0.550 e. The number of hydrogen-bond acceptors (Lipinski definition) is 5. The molecule has 0 aromatic carbocycles. The van der Waals surface area contributed by atoms with E-state index in [0.717, 1.165) is 44.9 Å². The van der Waals surface area contributed by atoms with E-state index in [1.165, 1.54) is 0 Å². The van der Waals surface area contributed by atoms with Crippen LogP contribution >= 0.6 is 0 Å². The Hall–Kier alpha value is -1.17. The number of ether oxygens (including phenoxy) is 2. The van der Waals surface area contributed by atoms with Crippen molar-refractivity contribution in [2.45, 2.75) is 89.3 Å². The fraction of sp³-hybridized carbons (Fsp3) is 0.750. The molecule has 5 heteroatoms. The van der Waals surface area contributed by atoms with Crippen LogP contribution in [0.4, 0.5) is 0 Å². The van der Waals surface area contributed by atoms with Gasteiger partial charge in [0.05, 0.1) is 18.3 Å². The summed E-state index contributed by atoms with van der Waals surface area (Å²) in [6, 6.07) is 0. The van der Waals surface area contributed by atoms with Crippen LogP contribution in [0.5, 0.6) is 0 Å². The Morgan fingerprint density at radius 2 is 2.08 bits per heavy atom. The Kier molecular flexibility index (Phi) is 8.65. The molecule has 5 atom stereocenters. The van der Waals surface area contributed by atoms with Crippen molar-refractivity contribution in [2.24, 2.45) is 5.92 Å². The molecule has 0 aromatic heterocycles. The Morgan fingerprint density at radius 3 is 2.80 bits per heavy atom. The Morgan fingerprint density at radius 1 is 1.28 bits per heavy atom. The Balaban J connectivity index is 1.76. The fourth-order valence-corrected chi connectivity index (χ4v) is 3.37. The summed E-state index contributed by atoms with van der Waals surface area (Å²) in [5, 5.41) is 20.4. The van der Waals surface area contributed by atoms with Gasteiger partial charge in [0.15, 0.2) is 6.29 Å².